The maximum atomic E-state index is 12.4. The molecular weight excluding hydrogens is 312 g/mol. The summed E-state index contributed by atoms with van der Waals surface area (Å²) in [5, 5.41) is 5.22. The Bertz CT molecular complexity index is 540. The monoisotopic (exact) mass is 336 g/mol. The minimum atomic E-state index is -0.492. The van der Waals surface area contributed by atoms with E-state index in [0.29, 0.717) is 13.0 Å². The lowest BCUT2D eigenvalue weighted by atomic mass is 10.0. The Balaban J connectivity index is 1.45. The van der Waals surface area contributed by atoms with Crippen molar-refractivity contribution in [1.82, 2.24) is 15.1 Å². The van der Waals surface area contributed by atoms with Gasteiger partial charge in [-0.3, -0.25) is 9.69 Å². The van der Waals surface area contributed by atoms with Crippen molar-refractivity contribution < 1.29 is 9.59 Å². The number of hydrogen-bond acceptors (Lipinski definition) is 4. The lowest BCUT2D eigenvalue weighted by Crippen LogP contribution is -2.52. The Labute approximate surface area is 140 Å². The number of likely N-dealkylation sites (tertiary alicyclic amines) is 2. The highest BCUT2D eigenvalue weighted by Gasteiger charge is 2.34. The number of nitrogens with zero attached hydrogens (tertiary/aromatic N) is 2. The van der Waals surface area contributed by atoms with Crippen molar-refractivity contribution in [2.45, 2.75) is 44.3 Å². The van der Waals surface area contributed by atoms with Crippen molar-refractivity contribution >= 4 is 23.3 Å². The summed E-state index contributed by atoms with van der Waals surface area (Å²) in [4.78, 5) is 29.1. The molecule has 3 amide bonds. The standard InChI is InChI=1S/C16H24N4O2S/c17-16(22)20-7-1-4-14(20)15(21)18-12-5-8-19(9-6-12)11-13-3-2-10-23-13/h2-3,10,12,14H,1,4-9,11H2,(H2,17,22)(H,18,21)/t14-/m0/s1. The largest absolute Gasteiger partial charge is 0.351 e. The summed E-state index contributed by atoms with van der Waals surface area (Å²) in [7, 11) is 0. The number of amides is 3. The molecule has 0 spiro atoms. The molecule has 1 atom stereocenters. The second-order valence-corrected chi connectivity index (χ2v) is 7.36. The molecule has 0 saturated carbocycles. The van der Waals surface area contributed by atoms with Gasteiger partial charge in [-0.1, -0.05) is 6.07 Å². The van der Waals surface area contributed by atoms with Gasteiger partial charge in [-0.2, -0.15) is 0 Å². The summed E-state index contributed by atoms with van der Waals surface area (Å²) in [5.41, 5.74) is 5.34. The number of rotatable bonds is 4. The third kappa shape index (κ3) is 4.03. The van der Waals surface area contributed by atoms with E-state index in [0.717, 1.165) is 38.9 Å². The van der Waals surface area contributed by atoms with E-state index in [2.05, 4.69) is 27.7 Å². The maximum Gasteiger partial charge on any atom is 0.315 e. The summed E-state index contributed by atoms with van der Waals surface area (Å²) in [6.45, 7) is 3.57. The van der Waals surface area contributed by atoms with E-state index in [-0.39, 0.29) is 18.0 Å². The maximum absolute atomic E-state index is 12.4. The van der Waals surface area contributed by atoms with Gasteiger partial charge < -0.3 is 16.0 Å². The summed E-state index contributed by atoms with van der Waals surface area (Å²) in [5.74, 6) is -0.0435. The van der Waals surface area contributed by atoms with Crippen LogP contribution in [0.2, 0.25) is 0 Å². The molecule has 6 nitrogen and oxygen atoms in total. The predicted molar refractivity (Wildman–Crippen MR) is 90.1 cm³/mol. The Morgan fingerprint density at radius 1 is 1.26 bits per heavy atom. The number of nitrogens with one attached hydrogen (secondary N) is 1. The van der Waals surface area contributed by atoms with Crippen molar-refractivity contribution in [2.24, 2.45) is 5.73 Å². The van der Waals surface area contributed by atoms with E-state index >= 15 is 0 Å². The van der Waals surface area contributed by atoms with Gasteiger partial charge in [0, 0.05) is 37.1 Å². The van der Waals surface area contributed by atoms with E-state index in [1.165, 1.54) is 9.78 Å². The molecule has 2 aliphatic rings. The van der Waals surface area contributed by atoms with Crippen LogP contribution < -0.4 is 11.1 Å². The van der Waals surface area contributed by atoms with Crippen LogP contribution in [-0.4, -0.2) is 53.5 Å². The van der Waals surface area contributed by atoms with Crippen LogP contribution in [0, 0.1) is 0 Å². The lowest BCUT2D eigenvalue weighted by Gasteiger charge is -2.33. The molecule has 2 fully saturated rings. The number of urea groups is 1. The van der Waals surface area contributed by atoms with Gasteiger partial charge in [0.15, 0.2) is 0 Å². The fourth-order valence-electron chi connectivity index (χ4n) is 3.46. The van der Waals surface area contributed by atoms with Gasteiger partial charge in [-0.25, -0.2) is 4.79 Å². The van der Waals surface area contributed by atoms with E-state index in [1.54, 1.807) is 11.3 Å². The van der Waals surface area contributed by atoms with Crippen LogP contribution in [0.4, 0.5) is 4.79 Å². The van der Waals surface area contributed by atoms with Crippen molar-refractivity contribution in [2.75, 3.05) is 19.6 Å². The summed E-state index contributed by atoms with van der Waals surface area (Å²) < 4.78 is 0. The van der Waals surface area contributed by atoms with Gasteiger partial charge in [-0.15, -0.1) is 11.3 Å². The number of hydrogen-bond donors (Lipinski definition) is 2. The first kappa shape index (κ1) is 16.3. The number of thiophene rings is 1. The number of carbonyl (C=O) groups excluding carboxylic acids is 2. The topological polar surface area (TPSA) is 78.7 Å². The van der Waals surface area contributed by atoms with Crippen LogP contribution in [0.1, 0.15) is 30.6 Å². The molecule has 0 bridgehead atoms. The van der Waals surface area contributed by atoms with Crippen LogP contribution in [0.3, 0.4) is 0 Å². The smallest absolute Gasteiger partial charge is 0.315 e. The normalized spacial score (nSPS) is 23.1. The number of piperidine rings is 1. The molecule has 3 N–H and O–H groups in total. The van der Waals surface area contributed by atoms with Gasteiger partial charge in [0.25, 0.3) is 0 Å². The van der Waals surface area contributed by atoms with E-state index in [1.807, 2.05) is 0 Å². The molecule has 0 aromatic carbocycles. The van der Waals surface area contributed by atoms with Crippen molar-refractivity contribution in [1.29, 1.82) is 0 Å². The Hall–Kier alpha value is -1.60. The van der Waals surface area contributed by atoms with Crippen LogP contribution >= 0.6 is 11.3 Å². The quantitative estimate of drug-likeness (QED) is 0.872. The number of primary amides is 1. The molecule has 7 heteroatoms. The van der Waals surface area contributed by atoms with Gasteiger partial charge in [0.05, 0.1) is 0 Å². The molecule has 2 saturated heterocycles. The first-order chi connectivity index (χ1) is 11.1. The molecule has 0 unspecified atom stereocenters. The third-order valence-electron chi connectivity index (χ3n) is 4.73. The van der Waals surface area contributed by atoms with Gasteiger partial charge in [0.1, 0.15) is 6.04 Å². The minimum absolute atomic E-state index is 0.0435. The van der Waals surface area contributed by atoms with Gasteiger partial charge in [-0.05, 0) is 37.1 Å². The summed E-state index contributed by atoms with van der Waals surface area (Å²) >= 11 is 1.79. The Morgan fingerprint density at radius 2 is 2.04 bits per heavy atom. The number of nitrogens with two attached hydrogens (primary N) is 1. The van der Waals surface area contributed by atoms with Gasteiger partial charge >= 0.3 is 6.03 Å². The zero-order chi connectivity index (χ0) is 16.2. The van der Waals surface area contributed by atoms with Crippen LogP contribution in [0.15, 0.2) is 17.5 Å². The second-order valence-electron chi connectivity index (χ2n) is 6.33. The average molecular weight is 336 g/mol. The van der Waals surface area contributed by atoms with Crippen molar-refractivity contribution in [3.8, 4) is 0 Å². The summed E-state index contributed by atoms with van der Waals surface area (Å²) in [6.07, 6.45) is 3.48. The molecule has 2 aliphatic heterocycles. The summed E-state index contributed by atoms with van der Waals surface area (Å²) in [6, 6.07) is 3.58. The van der Waals surface area contributed by atoms with Crippen LogP contribution in [-0.2, 0) is 11.3 Å². The van der Waals surface area contributed by atoms with E-state index < -0.39 is 6.03 Å². The Morgan fingerprint density at radius 3 is 2.70 bits per heavy atom. The van der Waals surface area contributed by atoms with Crippen LogP contribution in [0.5, 0.6) is 0 Å². The third-order valence-corrected chi connectivity index (χ3v) is 5.59. The highest BCUT2D eigenvalue weighted by atomic mass is 32.1. The molecule has 0 aliphatic carbocycles. The van der Waals surface area contributed by atoms with Crippen LogP contribution in [0.25, 0.3) is 0 Å². The minimum Gasteiger partial charge on any atom is -0.351 e. The fraction of sp³-hybridized carbons (Fsp3) is 0.625. The van der Waals surface area contributed by atoms with E-state index in [9.17, 15) is 9.59 Å². The predicted octanol–water partition coefficient (Wildman–Crippen LogP) is 1.37. The van der Waals surface area contributed by atoms with Gasteiger partial charge in [0.2, 0.25) is 5.91 Å². The molecular formula is C16H24N4O2S. The zero-order valence-corrected chi connectivity index (χ0v) is 14.1. The molecule has 23 heavy (non-hydrogen) atoms. The van der Waals surface area contributed by atoms with Crippen molar-refractivity contribution in [3.63, 3.8) is 0 Å². The van der Waals surface area contributed by atoms with Crippen molar-refractivity contribution in [3.05, 3.63) is 22.4 Å². The molecule has 1 aromatic heterocycles. The molecule has 0 radical (unpaired) electrons. The SMILES string of the molecule is NC(=O)N1CCC[C@H]1C(=O)NC1CCN(Cc2cccs2)CC1. The zero-order valence-electron chi connectivity index (χ0n) is 13.2. The Kier molecular flexibility index (Phi) is 5.17. The first-order valence-corrected chi connectivity index (χ1v) is 9.12. The van der Waals surface area contributed by atoms with E-state index in [4.69, 9.17) is 5.73 Å². The molecule has 126 valence electrons. The second kappa shape index (κ2) is 7.31. The lowest BCUT2D eigenvalue weighted by molar-refractivity contribution is -0.125. The molecule has 3 rings (SSSR count). The highest BCUT2D eigenvalue weighted by Crippen LogP contribution is 2.19. The fourth-order valence-corrected chi connectivity index (χ4v) is 4.20. The molecule has 1 aromatic rings. The first-order valence-electron chi connectivity index (χ1n) is 8.24. The number of carbonyl (C=O) groups is 2. The molecule has 3 heterocycles. The highest BCUT2D eigenvalue weighted by molar-refractivity contribution is 7.09. The average Bonchev–Trinajstić information content (AvgIpc) is 3.20.